The van der Waals surface area contributed by atoms with Crippen LogP contribution in [0.1, 0.15) is 29.8 Å². The lowest BCUT2D eigenvalue weighted by atomic mass is 10.1. The van der Waals surface area contributed by atoms with Gasteiger partial charge >= 0.3 is 0 Å². The van der Waals surface area contributed by atoms with Gasteiger partial charge in [0.1, 0.15) is 4.90 Å². The molecule has 1 aromatic heterocycles. The molecule has 31 heavy (non-hydrogen) atoms. The molecule has 0 saturated heterocycles. The van der Waals surface area contributed by atoms with Gasteiger partial charge in [-0.2, -0.15) is 9.57 Å². The number of sulfonamides is 1. The zero-order chi connectivity index (χ0) is 22.6. The Labute approximate surface area is 190 Å². The molecule has 0 saturated carbocycles. The van der Waals surface area contributed by atoms with Gasteiger partial charge in [-0.1, -0.05) is 37.6 Å². The van der Waals surface area contributed by atoms with Crippen LogP contribution in [0, 0.1) is 11.3 Å². The number of carbonyl (C=O) groups excluding carboxylic acids is 1. The molecule has 2 aromatic carbocycles. The van der Waals surface area contributed by atoms with Gasteiger partial charge in [0.05, 0.1) is 22.3 Å². The Morgan fingerprint density at radius 2 is 1.87 bits per heavy atom. The number of hydrogen-bond donors (Lipinski definition) is 1. The van der Waals surface area contributed by atoms with Crippen molar-refractivity contribution in [1.82, 2.24) is 9.29 Å². The van der Waals surface area contributed by atoms with Crippen molar-refractivity contribution in [2.24, 2.45) is 0 Å². The molecule has 3 rings (SSSR count). The first-order valence-corrected chi connectivity index (χ1v) is 12.1. The summed E-state index contributed by atoms with van der Waals surface area (Å²) in [6.45, 7) is 4.06. The zero-order valence-electron chi connectivity index (χ0n) is 16.8. The van der Waals surface area contributed by atoms with Gasteiger partial charge in [-0.25, -0.2) is 13.4 Å². The SMILES string of the molecule is CCN(CC)S(=O)(=O)c1cc(C(=O)Nc2nc(-c3ccc(C#N)cc3)cs2)ccc1Cl. The fraction of sp³-hybridized carbons (Fsp3) is 0.190. The predicted octanol–water partition coefficient (Wildman–Crippen LogP) is 4.62. The van der Waals surface area contributed by atoms with E-state index in [-0.39, 0.29) is 15.5 Å². The Bertz CT molecular complexity index is 1240. The first kappa shape index (κ1) is 22.9. The fourth-order valence-corrected chi connectivity index (χ4v) is 5.57. The van der Waals surface area contributed by atoms with E-state index in [4.69, 9.17) is 16.9 Å². The Morgan fingerprint density at radius 3 is 2.48 bits per heavy atom. The molecular weight excluding hydrogens is 456 g/mol. The molecule has 1 N–H and O–H groups in total. The molecule has 160 valence electrons. The van der Waals surface area contributed by atoms with E-state index < -0.39 is 15.9 Å². The number of halogens is 1. The highest BCUT2D eigenvalue weighted by Crippen LogP contribution is 2.28. The topological polar surface area (TPSA) is 103 Å². The molecule has 0 aliphatic carbocycles. The molecular formula is C21H19ClN4O3S2. The number of anilines is 1. The second kappa shape index (κ2) is 9.58. The number of amides is 1. The maximum absolute atomic E-state index is 12.8. The third-order valence-corrected chi connectivity index (χ3v) is 7.84. The van der Waals surface area contributed by atoms with Gasteiger partial charge in [-0.15, -0.1) is 11.3 Å². The molecule has 10 heteroatoms. The lowest BCUT2D eigenvalue weighted by molar-refractivity contribution is 0.102. The number of rotatable bonds is 7. The molecule has 0 fully saturated rings. The minimum absolute atomic E-state index is 0.0563. The maximum atomic E-state index is 12.8. The highest BCUT2D eigenvalue weighted by atomic mass is 35.5. The summed E-state index contributed by atoms with van der Waals surface area (Å²) in [6.07, 6.45) is 0. The molecule has 1 amide bonds. The van der Waals surface area contributed by atoms with E-state index in [9.17, 15) is 13.2 Å². The van der Waals surface area contributed by atoms with Crippen molar-refractivity contribution in [3.63, 3.8) is 0 Å². The number of nitriles is 1. The van der Waals surface area contributed by atoms with Crippen LogP contribution in [0.3, 0.4) is 0 Å². The first-order chi connectivity index (χ1) is 14.8. The lowest BCUT2D eigenvalue weighted by Gasteiger charge is -2.19. The minimum atomic E-state index is -3.81. The van der Waals surface area contributed by atoms with E-state index in [0.29, 0.717) is 29.5 Å². The molecule has 0 radical (unpaired) electrons. The Hall–Kier alpha value is -2.77. The number of aromatic nitrogens is 1. The van der Waals surface area contributed by atoms with Crippen LogP contribution in [0.25, 0.3) is 11.3 Å². The average molecular weight is 475 g/mol. The number of hydrogen-bond acceptors (Lipinski definition) is 6. The summed E-state index contributed by atoms with van der Waals surface area (Å²) in [5.41, 5.74) is 2.18. The number of thiazole rings is 1. The van der Waals surface area contributed by atoms with Gasteiger partial charge in [0.15, 0.2) is 5.13 Å². The number of benzene rings is 2. The maximum Gasteiger partial charge on any atom is 0.257 e. The Balaban J connectivity index is 1.83. The predicted molar refractivity (Wildman–Crippen MR) is 122 cm³/mol. The van der Waals surface area contributed by atoms with Crippen LogP contribution >= 0.6 is 22.9 Å². The summed E-state index contributed by atoms with van der Waals surface area (Å²) in [6, 6.07) is 13.1. The van der Waals surface area contributed by atoms with E-state index in [1.807, 2.05) is 0 Å². The van der Waals surface area contributed by atoms with Crippen molar-refractivity contribution >= 4 is 44.0 Å². The molecule has 0 spiro atoms. The fourth-order valence-electron chi connectivity index (χ4n) is 2.89. The van der Waals surface area contributed by atoms with E-state index in [1.54, 1.807) is 43.5 Å². The Kier molecular flexibility index (Phi) is 7.08. The van der Waals surface area contributed by atoms with Crippen molar-refractivity contribution in [1.29, 1.82) is 5.26 Å². The van der Waals surface area contributed by atoms with Gasteiger partial charge in [-0.3, -0.25) is 10.1 Å². The van der Waals surface area contributed by atoms with Gasteiger partial charge in [0.25, 0.3) is 5.91 Å². The first-order valence-electron chi connectivity index (χ1n) is 9.37. The third kappa shape index (κ3) is 4.94. The quantitative estimate of drug-likeness (QED) is 0.538. The van der Waals surface area contributed by atoms with Crippen LogP contribution in [0.4, 0.5) is 5.13 Å². The number of carbonyl (C=O) groups is 1. The molecule has 0 atom stereocenters. The van der Waals surface area contributed by atoms with E-state index in [0.717, 1.165) is 5.56 Å². The molecule has 1 heterocycles. The highest BCUT2D eigenvalue weighted by Gasteiger charge is 2.25. The Morgan fingerprint density at radius 1 is 1.19 bits per heavy atom. The van der Waals surface area contributed by atoms with E-state index in [2.05, 4.69) is 16.4 Å². The van der Waals surface area contributed by atoms with Crippen LogP contribution in [0.5, 0.6) is 0 Å². The van der Waals surface area contributed by atoms with E-state index >= 15 is 0 Å². The zero-order valence-corrected chi connectivity index (χ0v) is 19.2. The summed E-state index contributed by atoms with van der Waals surface area (Å²) in [7, 11) is -3.81. The standard InChI is InChI=1S/C21H19ClN4O3S2/c1-3-26(4-2)31(28,29)19-11-16(9-10-17(19)22)20(27)25-21-24-18(13-30-21)15-7-5-14(12-23)6-8-15/h5-11,13H,3-4H2,1-2H3,(H,24,25,27). The summed E-state index contributed by atoms with van der Waals surface area (Å²) < 4.78 is 26.9. The van der Waals surface area contributed by atoms with Gasteiger partial charge in [0, 0.05) is 29.6 Å². The smallest absolute Gasteiger partial charge is 0.257 e. The minimum Gasteiger partial charge on any atom is -0.298 e. The second-order valence-corrected chi connectivity index (χ2v) is 9.59. The molecule has 0 bridgehead atoms. The van der Waals surface area contributed by atoms with Crippen molar-refractivity contribution in [2.45, 2.75) is 18.7 Å². The van der Waals surface area contributed by atoms with Gasteiger partial charge < -0.3 is 0 Å². The highest BCUT2D eigenvalue weighted by molar-refractivity contribution is 7.89. The van der Waals surface area contributed by atoms with Crippen LogP contribution in [-0.4, -0.2) is 36.7 Å². The van der Waals surface area contributed by atoms with Gasteiger partial charge in [-0.05, 0) is 30.3 Å². The average Bonchev–Trinajstić information content (AvgIpc) is 3.23. The summed E-state index contributed by atoms with van der Waals surface area (Å²) in [5, 5.41) is 13.8. The number of nitrogens with zero attached hydrogens (tertiary/aromatic N) is 3. The molecule has 0 aliphatic rings. The summed E-state index contributed by atoms with van der Waals surface area (Å²) in [5.74, 6) is -0.492. The third-order valence-electron chi connectivity index (χ3n) is 4.55. The lowest BCUT2D eigenvalue weighted by Crippen LogP contribution is -2.31. The number of nitrogens with one attached hydrogen (secondary N) is 1. The van der Waals surface area contributed by atoms with Crippen LogP contribution in [0.2, 0.25) is 5.02 Å². The van der Waals surface area contributed by atoms with Crippen molar-refractivity contribution in [2.75, 3.05) is 18.4 Å². The van der Waals surface area contributed by atoms with Crippen molar-refractivity contribution in [3.8, 4) is 17.3 Å². The monoisotopic (exact) mass is 474 g/mol. The van der Waals surface area contributed by atoms with Crippen molar-refractivity contribution < 1.29 is 13.2 Å². The molecule has 7 nitrogen and oxygen atoms in total. The van der Waals surface area contributed by atoms with Crippen molar-refractivity contribution in [3.05, 3.63) is 64.0 Å². The molecule has 3 aromatic rings. The molecule has 0 unspecified atom stereocenters. The summed E-state index contributed by atoms with van der Waals surface area (Å²) >= 11 is 7.37. The normalized spacial score (nSPS) is 11.3. The largest absolute Gasteiger partial charge is 0.298 e. The van der Waals surface area contributed by atoms with E-state index in [1.165, 1.54) is 33.8 Å². The van der Waals surface area contributed by atoms with Crippen LogP contribution in [0.15, 0.2) is 52.7 Å². The summed E-state index contributed by atoms with van der Waals surface area (Å²) in [4.78, 5) is 17.0. The molecule has 0 aliphatic heterocycles. The van der Waals surface area contributed by atoms with Gasteiger partial charge in [0.2, 0.25) is 10.0 Å². The van der Waals surface area contributed by atoms with Crippen LogP contribution in [-0.2, 0) is 10.0 Å². The second-order valence-electron chi connectivity index (χ2n) is 6.42. The van der Waals surface area contributed by atoms with Crippen LogP contribution < -0.4 is 5.32 Å².